The number of morpholine rings is 1. The highest BCUT2D eigenvalue weighted by atomic mass is 32.2. The zero-order chi connectivity index (χ0) is 20.3. The van der Waals surface area contributed by atoms with E-state index in [1.165, 1.54) is 0 Å². The van der Waals surface area contributed by atoms with E-state index in [1.54, 1.807) is 11.8 Å². The molecule has 0 radical (unpaired) electrons. The second-order valence-electron chi connectivity index (χ2n) is 6.99. The molecule has 1 fully saturated rings. The molecule has 0 aliphatic carbocycles. The molecule has 0 spiro atoms. The number of H-pyrrole nitrogens is 1. The van der Waals surface area contributed by atoms with Gasteiger partial charge < -0.3 is 19.9 Å². The summed E-state index contributed by atoms with van der Waals surface area (Å²) in [4.78, 5) is 20.7. The van der Waals surface area contributed by atoms with Crippen molar-refractivity contribution in [3.63, 3.8) is 0 Å². The Hall–Kier alpha value is -3.10. The van der Waals surface area contributed by atoms with Crippen molar-refractivity contribution in [3.05, 3.63) is 54.7 Å². The van der Waals surface area contributed by atoms with Gasteiger partial charge in [-0.1, -0.05) is 12.1 Å². The van der Waals surface area contributed by atoms with E-state index in [0.29, 0.717) is 0 Å². The predicted octanol–water partition coefficient (Wildman–Crippen LogP) is 4.32. The highest BCUT2D eigenvalue weighted by Gasteiger charge is 2.18. The van der Waals surface area contributed by atoms with Gasteiger partial charge in [-0.2, -0.15) is 0 Å². The standard InChI is InChI=1S/C22H22N6OS/c1-30-19-14-23-20(27-21(19)28-10-12-29-13-11-28)15-6-8-16(9-7-15)24-22-25-17-4-2-3-5-18(17)26-22/h2-9,14H,10-13H2,1H3,(H2,24,25,26). The molecule has 8 heteroatoms. The Bertz CT molecular complexity index is 1120. The number of fused-ring (bicyclic) bond motifs is 1. The fourth-order valence-corrected chi connectivity index (χ4v) is 4.01. The number of benzene rings is 2. The molecule has 7 nitrogen and oxygen atoms in total. The number of rotatable bonds is 5. The van der Waals surface area contributed by atoms with E-state index in [1.807, 2.05) is 54.7 Å². The van der Waals surface area contributed by atoms with Crippen LogP contribution in [0.1, 0.15) is 0 Å². The summed E-state index contributed by atoms with van der Waals surface area (Å²) in [6.07, 6.45) is 3.97. The number of thioether (sulfide) groups is 1. The van der Waals surface area contributed by atoms with Crippen LogP contribution in [0.25, 0.3) is 22.4 Å². The number of hydrogen-bond donors (Lipinski definition) is 2. The molecule has 3 heterocycles. The van der Waals surface area contributed by atoms with Crippen molar-refractivity contribution in [2.24, 2.45) is 0 Å². The van der Waals surface area contributed by atoms with E-state index in [9.17, 15) is 0 Å². The van der Waals surface area contributed by atoms with E-state index in [-0.39, 0.29) is 0 Å². The first-order chi connectivity index (χ1) is 14.8. The Morgan fingerprint density at radius 1 is 1.03 bits per heavy atom. The van der Waals surface area contributed by atoms with Crippen LogP contribution in [0, 0.1) is 0 Å². The van der Waals surface area contributed by atoms with Crippen LogP contribution in [0.3, 0.4) is 0 Å². The van der Waals surface area contributed by atoms with Gasteiger partial charge in [-0.25, -0.2) is 15.0 Å². The van der Waals surface area contributed by atoms with Gasteiger partial charge in [-0.15, -0.1) is 11.8 Å². The van der Waals surface area contributed by atoms with Gasteiger partial charge in [0.2, 0.25) is 5.95 Å². The van der Waals surface area contributed by atoms with Gasteiger partial charge in [0.1, 0.15) is 5.82 Å². The molecule has 30 heavy (non-hydrogen) atoms. The van der Waals surface area contributed by atoms with Crippen molar-refractivity contribution in [2.45, 2.75) is 4.90 Å². The summed E-state index contributed by atoms with van der Waals surface area (Å²) >= 11 is 1.67. The smallest absolute Gasteiger partial charge is 0.205 e. The molecule has 0 atom stereocenters. The minimum Gasteiger partial charge on any atom is -0.378 e. The van der Waals surface area contributed by atoms with Crippen LogP contribution in [-0.2, 0) is 4.74 Å². The molecule has 0 bridgehead atoms. The lowest BCUT2D eigenvalue weighted by Crippen LogP contribution is -2.37. The average molecular weight is 419 g/mol. The monoisotopic (exact) mass is 418 g/mol. The van der Waals surface area contributed by atoms with Crippen LogP contribution in [0.15, 0.2) is 59.6 Å². The maximum absolute atomic E-state index is 5.48. The van der Waals surface area contributed by atoms with Gasteiger partial charge in [0, 0.05) is 30.5 Å². The minimum atomic E-state index is 0.721. The summed E-state index contributed by atoms with van der Waals surface area (Å²) in [5.74, 6) is 2.43. The predicted molar refractivity (Wildman–Crippen MR) is 122 cm³/mol. The molecular formula is C22H22N6OS. The molecule has 0 amide bonds. The molecule has 0 saturated carbocycles. The summed E-state index contributed by atoms with van der Waals surface area (Å²) in [6.45, 7) is 3.17. The second-order valence-corrected chi connectivity index (χ2v) is 7.84. The highest BCUT2D eigenvalue weighted by Crippen LogP contribution is 2.29. The Balaban J connectivity index is 1.38. The number of para-hydroxylation sites is 2. The van der Waals surface area contributed by atoms with E-state index < -0.39 is 0 Å². The molecule has 1 aliphatic heterocycles. The number of aromatic amines is 1. The molecule has 1 saturated heterocycles. The fraction of sp³-hybridized carbons (Fsp3) is 0.227. The van der Waals surface area contributed by atoms with Crippen molar-refractivity contribution in [3.8, 4) is 11.4 Å². The number of nitrogens with one attached hydrogen (secondary N) is 2. The molecule has 5 rings (SSSR count). The van der Waals surface area contributed by atoms with Crippen LogP contribution >= 0.6 is 11.8 Å². The zero-order valence-electron chi connectivity index (χ0n) is 16.6. The van der Waals surface area contributed by atoms with Crippen molar-refractivity contribution in [1.82, 2.24) is 19.9 Å². The number of ether oxygens (including phenoxy) is 1. The normalized spacial score (nSPS) is 14.2. The van der Waals surface area contributed by atoms with Crippen LogP contribution in [0.2, 0.25) is 0 Å². The van der Waals surface area contributed by atoms with Crippen molar-refractivity contribution < 1.29 is 4.74 Å². The van der Waals surface area contributed by atoms with Gasteiger partial charge in [0.25, 0.3) is 0 Å². The van der Waals surface area contributed by atoms with Crippen molar-refractivity contribution >= 4 is 40.2 Å². The van der Waals surface area contributed by atoms with Gasteiger partial charge >= 0.3 is 0 Å². The number of aromatic nitrogens is 4. The van der Waals surface area contributed by atoms with E-state index in [4.69, 9.17) is 9.72 Å². The summed E-state index contributed by atoms with van der Waals surface area (Å²) in [5.41, 5.74) is 3.88. The summed E-state index contributed by atoms with van der Waals surface area (Å²) in [6, 6.07) is 16.1. The van der Waals surface area contributed by atoms with E-state index in [0.717, 1.165) is 71.1 Å². The Kier molecular flexibility index (Phi) is 5.25. The first kappa shape index (κ1) is 18.9. The first-order valence-electron chi connectivity index (χ1n) is 9.86. The minimum absolute atomic E-state index is 0.721. The Morgan fingerprint density at radius 2 is 1.83 bits per heavy atom. The Labute approximate surface area is 178 Å². The molecule has 2 aromatic carbocycles. The molecule has 4 aromatic rings. The number of nitrogens with zero attached hydrogens (tertiary/aromatic N) is 4. The second kappa shape index (κ2) is 8.33. The molecule has 1 aliphatic rings. The van der Waals surface area contributed by atoms with Gasteiger partial charge in [-0.05, 0) is 42.7 Å². The quantitative estimate of drug-likeness (QED) is 0.467. The largest absolute Gasteiger partial charge is 0.378 e. The van der Waals surface area contributed by atoms with Crippen LogP contribution < -0.4 is 10.2 Å². The lowest BCUT2D eigenvalue weighted by atomic mass is 10.2. The summed E-state index contributed by atoms with van der Waals surface area (Å²) < 4.78 is 5.48. The SMILES string of the molecule is CSc1cnc(-c2ccc(Nc3nc4ccccc4[nH]3)cc2)nc1N1CCOCC1. The van der Waals surface area contributed by atoms with Crippen LogP contribution in [0.4, 0.5) is 17.5 Å². The molecule has 0 unspecified atom stereocenters. The zero-order valence-corrected chi connectivity index (χ0v) is 17.4. The van der Waals surface area contributed by atoms with Crippen molar-refractivity contribution in [2.75, 3.05) is 42.8 Å². The first-order valence-corrected chi connectivity index (χ1v) is 11.1. The lowest BCUT2D eigenvalue weighted by Gasteiger charge is -2.29. The van der Waals surface area contributed by atoms with Crippen LogP contribution in [0.5, 0.6) is 0 Å². The number of hydrogen-bond acceptors (Lipinski definition) is 7. The van der Waals surface area contributed by atoms with Gasteiger partial charge in [-0.3, -0.25) is 0 Å². The van der Waals surface area contributed by atoms with E-state index in [2.05, 4.69) is 31.4 Å². The third-order valence-corrected chi connectivity index (χ3v) is 5.79. The average Bonchev–Trinajstić information content (AvgIpc) is 3.22. The topological polar surface area (TPSA) is 79.0 Å². The lowest BCUT2D eigenvalue weighted by molar-refractivity contribution is 0.122. The highest BCUT2D eigenvalue weighted by molar-refractivity contribution is 7.98. The number of anilines is 3. The summed E-state index contributed by atoms with van der Waals surface area (Å²) in [7, 11) is 0. The maximum atomic E-state index is 5.48. The number of imidazole rings is 1. The third-order valence-electron chi connectivity index (χ3n) is 5.06. The van der Waals surface area contributed by atoms with E-state index >= 15 is 0 Å². The van der Waals surface area contributed by atoms with Gasteiger partial charge in [0.15, 0.2) is 5.82 Å². The van der Waals surface area contributed by atoms with Crippen molar-refractivity contribution in [1.29, 1.82) is 0 Å². The van der Waals surface area contributed by atoms with Gasteiger partial charge in [0.05, 0.1) is 29.1 Å². The molecule has 2 aromatic heterocycles. The molecule has 2 N–H and O–H groups in total. The molecule has 152 valence electrons. The fourth-order valence-electron chi connectivity index (χ4n) is 3.50. The third kappa shape index (κ3) is 3.83. The molecular weight excluding hydrogens is 396 g/mol. The van der Waals surface area contributed by atoms with Crippen LogP contribution in [-0.4, -0.2) is 52.5 Å². The Morgan fingerprint density at radius 3 is 2.60 bits per heavy atom. The maximum Gasteiger partial charge on any atom is 0.205 e. The summed E-state index contributed by atoms with van der Waals surface area (Å²) in [5, 5.41) is 3.32.